The third-order valence-electron chi connectivity index (χ3n) is 4.85. The quantitative estimate of drug-likeness (QED) is 0.748. The molecule has 26 heavy (non-hydrogen) atoms. The van der Waals surface area contributed by atoms with Crippen molar-refractivity contribution in [3.05, 3.63) is 17.3 Å². The zero-order valence-corrected chi connectivity index (χ0v) is 16.4. The summed E-state index contributed by atoms with van der Waals surface area (Å²) in [6.45, 7) is 6.61. The van der Waals surface area contributed by atoms with Crippen molar-refractivity contribution in [1.29, 1.82) is 0 Å². The fourth-order valence-corrected chi connectivity index (χ4v) is 5.30. The molecule has 2 aromatic heterocycles. The first-order valence-electron chi connectivity index (χ1n) is 8.74. The summed E-state index contributed by atoms with van der Waals surface area (Å²) >= 11 is 1.69. The molecule has 0 atom stereocenters. The molecule has 0 amide bonds. The van der Waals surface area contributed by atoms with Crippen LogP contribution in [0.4, 0.5) is 5.82 Å². The topological polar surface area (TPSA) is 78.9 Å². The third-order valence-corrected chi connectivity index (χ3v) is 7.18. The number of hydrogen-bond acceptors (Lipinski definition) is 8. The highest BCUT2D eigenvalue weighted by Gasteiger charge is 2.24. The summed E-state index contributed by atoms with van der Waals surface area (Å²) < 4.78 is 30.3. The maximum absolute atomic E-state index is 11.6. The second-order valence-corrected chi connectivity index (χ2v) is 9.76. The second kappa shape index (κ2) is 7.35. The minimum absolute atomic E-state index is 0.558. The summed E-state index contributed by atoms with van der Waals surface area (Å²) in [5, 5.41) is 1.10. The van der Waals surface area contributed by atoms with Crippen molar-refractivity contribution >= 4 is 37.4 Å². The molecule has 10 heteroatoms. The van der Waals surface area contributed by atoms with Crippen LogP contribution in [0.3, 0.4) is 0 Å². The molecule has 2 aliphatic rings. The Bertz CT molecular complexity index is 871. The fraction of sp³-hybridized carbons (Fsp3) is 0.625. The minimum Gasteiger partial charge on any atom is -0.378 e. The largest absolute Gasteiger partial charge is 0.378 e. The van der Waals surface area contributed by atoms with E-state index in [9.17, 15) is 8.42 Å². The predicted octanol–water partition coefficient (Wildman–Crippen LogP) is 0.605. The van der Waals surface area contributed by atoms with Gasteiger partial charge in [0.1, 0.15) is 17.0 Å². The number of rotatable bonds is 4. The van der Waals surface area contributed by atoms with Gasteiger partial charge in [-0.2, -0.15) is 4.31 Å². The van der Waals surface area contributed by atoms with Gasteiger partial charge in [0.15, 0.2) is 0 Å². The van der Waals surface area contributed by atoms with Gasteiger partial charge in [-0.25, -0.2) is 18.4 Å². The lowest BCUT2D eigenvalue weighted by atomic mass is 10.3. The van der Waals surface area contributed by atoms with Crippen LogP contribution in [-0.4, -0.2) is 86.3 Å². The van der Waals surface area contributed by atoms with Gasteiger partial charge in [-0.1, -0.05) is 0 Å². The number of fused-ring (bicyclic) bond motifs is 1. The molecule has 2 aromatic rings. The van der Waals surface area contributed by atoms with E-state index in [0.717, 1.165) is 62.0 Å². The molecule has 0 saturated carbocycles. The van der Waals surface area contributed by atoms with E-state index >= 15 is 0 Å². The maximum atomic E-state index is 11.6. The van der Waals surface area contributed by atoms with Crippen molar-refractivity contribution in [3.63, 3.8) is 0 Å². The van der Waals surface area contributed by atoms with Gasteiger partial charge in [0.2, 0.25) is 10.0 Å². The normalized spacial score (nSPS) is 20.7. The van der Waals surface area contributed by atoms with Crippen LogP contribution in [0.1, 0.15) is 4.88 Å². The van der Waals surface area contributed by atoms with E-state index in [2.05, 4.69) is 25.8 Å². The summed E-state index contributed by atoms with van der Waals surface area (Å²) in [5.41, 5.74) is 0. The van der Waals surface area contributed by atoms with Crippen molar-refractivity contribution in [2.75, 3.05) is 63.6 Å². The molecule has 0 spiro atoms. The number of thiophene rings is 1. The molecule has 2 saturated heterocycles. The monoisotopic (exact) mass is 397 g/mol. The molecule has 0 unspecified atom stereocenters. The summed E-state index contributed by atoms with van der Waals surface area (Å²) in [4.78, 5) is 15.7. The van der Waals surface area contributed by atoms with Crippen LogP contribution in [0, 0.1) is 0 Å². The number of morpholine rings is 1. The van der Waals surface area contributed by atoms with Crippen molar-refractivity contribution in [2.45, 2.75) is 6.54 Å². The molecule has 4 heterocycles. The highest BCUT2D eigenvalue weighted by Crippen LogP contribution is 2.31. The Morgan fingerprint density at radius 3 is 2.54 bits per heavy atom. The Morgan fingerprint density at radius 2 is 1.85 bits per heavy atom. The van der Waals surface area contributed by atoms with Gasteiger partial charge < -0.3 is 9.64 Å². The van der Waals surface area contributed by atoms with Gasteiger partial charge in [-0.05, 0) is 6.07 Å². The van der Waals surface area contributed by atoms with Gasteiger partial charge in [-0.3, -0.25) is 4.90 Å². The molecule has 142 valence electrons. The van der Waals surface area contributed by atoms with E-state index in [1.54, 1.807) is 22.0 Å². The third kappa shape index (κ3) is 3.84. The zero-order chi connectivity index (χ0) is 18.1. The Labute approximate surface area is 157 Å². The molecule has 0 aromatic carbocycles. The summed E-state index contributed by atoms with van der Waals surface area (Å²) in [6.07, 6.45) is 2.92. The maximum Gasteiger partial charge on any atom is 0.211 e. The standard InChI is InChI=1S/C16H23N5O3S2/c1-26(22,23)21-4-2-19(3-5-21)11-13-10-14-15(17-12-18-16(14)25-13)20-6-8-24-9-7-20/h10,12H,2-9,11H2,1H3. The highest BCUT2D eigenvalue weighted by molar-refractivity contribution is 7.88. The van der Waals surface area contributed by atoms with Crippen LogP contribution in [0.25, 0.3) is 10.2 Å². The number of piperazine rings is 1. The van der Waals surface area contributed by atoms with Crippen LogP contribution in [0.15, 0.2) is 12.4 Å². The number of ether oxygens (including phenoxy) is 1. The Hall–Kier alpha value is -1.33. The lowest BCUT2D eigenvalue weighted by Crippen LogP contribution is -2.47. The Kier molecular flexibility index (Phi) is 5.11. The molecule has 0 N–H and O–H groups in total. The highest BCUT2D eigenvalue weighted by atomic mass is 32.2. The molecule has 2 fully saturated rings. The average molecular weight is 398 g/mol. The lowest BCUT2D eigenvalue weighted by Gasteiger charge is -2.32. The van der Waals surface area contributed by atoms with Crippen LogP contribution in [0.5, 0.6) is 0 Å². The van der Waals surface area contributed by atoms with Gasteiger partial charge in [0.05, 0.1) is 24.9 Å². The summed E-state index contributed by atoms with van der Waals surface area (Å²) in [6, 6.07) is 2.19. The first-order chi connectivity index (χ1) is 12.5. The number of aromatic nitrogens is 2. The first-order valence-corrected chi connectivity index (χ1v) is 11.4. The molecule has 0 radical (unpaired) electrons. The lowest BCUT2D eigenvalue weighted by molar-refractivity contribution is 0.122. The molecular weight excluding hydrogens is 374 g/mol. The van der Waals surface area contributed by atoms with E-state index < -0.39 is 10.0 Å². The first kappa shape index (κ1) is 18.1. The minimum atomic E-state index is -3.09. The van der Waals surface area contributed by atoms with E-state index in [0.29, 0.717) is 13.1 Å². The SMILES string of the molecule is CS(=O)(=O)N1CCN(Cc2cc3c(N4CCOCC4)ncnc3s2)CC1. The Balaban J connectivity index is 1.48. The number of anilines is 1. The molecular formula is C16H23N5O3S2. The van der Waals surface area contributed by atoms with Crippen LogP contribution >= 0.6 is 11.3 Å². The smallest absolute Gasteiger partial charge is 0.211 e. The van der Waals surface area contributed by atoms with E-state index in [1.807, 2.05) is 0 Å². The summed E-state index contributed by atoms with van der Waals surface area (Å²) in [7, 11) is -3.09. The molecule has 8 nitrogen and oxygen atoms in total. The Morgan fingerprint density at radius 1 is 1.12 bits per heavy atom. The molecule has 4 rings (SSSR count). The van der Waals surface area contributed by atoms with Crippen LogP contribution in [0.2, 0.25) is 0 Å². The van der Waals surface area contributed by atoms with E-state index in [4.69, 9.17) is 4.74 Å². The second-order valence-electron chi connectivity index (χ2n) is 6.67. The number of nitrogens with zero attached hydrogens (tertiary/aromatic N) is 5. The zero-order valence-electron chi connectivity index (χ0n) is 14.8. The van der Waals surface area contributed by atoms with Gasteiger partial charge in [0, 0.05) is 50.7 Å². The van der Waals surface area contributed by atoms with Gasteiger partial charge in [0.25, 0.3) is 0 Å². The van der Waals surface area contributed by atoms with Crippen molar-refractivity contribution in [2.24, 2.45) is 0 Å². The van der Waals surface area contributed by atoms with Crippen molar-refractivity contribution in [1.82, 2.24) is 19.2 Å². The van der Waals surface area contributed by atoms with Crippen LogP contribution < -0.4 is 4.90 Å². The summed E-state index contributed by atoms with van der Waals surface area (Å²) in [5.74, 6) is 0.989. The molecule has 0 bridgehead atoms. The van der Waals surface area contributed by atoms with Crippen molar-refractivity contribution < 1.29 is 13.2 Å². The molecule has 2 aliphatic heterocycles. The predicted molar refractivity (Wildman–Crippen MR) is 102 cm³/mol. The number of sulfonamides is 1. The van der Waals surface area contributed by atoms with Crippen LogP contribution in [-0.2, 0) is 21.3 Å². The van der Waals surface area contributed by atoms with Crippen molar-refractivity contribution in [3.8, 4) is 0 Å². The van der Waals surface area contributed by atoms with Gasteiger partial charge in [-0.15, -0.1) is 11.3 Å². The fourth-order valence-electron chi connectivity index (χ4n) is 3.44. The van der Waals surface area contributed by atoms with Gasteiger partial charge >= 0.3 is 0 Å². The average Bonchev–Trinajstić information content (AvgIpc) is 3.04. The van der Waals surface area contributed by atoms with E-state index in [1.165, 1.54) is 11.1 Å². The molecule has 0 aliphatic carbocycles. The number of hydrogen-bond donors (Lipinski definition) is 0. The van der Waals surface area contributed by atoms with E-state index in [-0.39, 0.29) is 0 Å².